The minimum absolute atomic E-state index is 0.0131. The Hall–Kier alpha value is -2.11. The zero-order valence-electron chi connectivity index (χ0n) is 10.7. The summed E-state index contributed by atoms with van der Waals surface area (Å²) in [6.07, 6.45) is 0. The third kappa shape index (κ3) is 3.19. The van der Waals surface area contributed by atoms with E-state index < -0.39 is 16.2 Å². The first-order valence-corrected chi connectivity index (χ1v) is 5.53. The van der Waals surface area contributed by atoms with Gasteiger partial charge >= 0.3 is 0 Å². The van der Waals surface area contributed by atoms with Crippen LogP contribution in [0.5, 0.6) is 0 Å². The summed E-state index contributed by atoms with van der Waals surface area (Å²) in [5.41, 5.74) is 5.77. The third-order valence-electron chi connectivity index (χ3n) is 2.74. The predicted octanol–water partition coefficient (Wildman–Crippen LogP) is 1.83. The molecule has 18 heavy (non-hydrogen) atoms. The Bertz CT molecular complexity index is 483. The lowest BCUT2D eigenvalue weighted by molar-refractivity contribution is -0.384. The van der Waals surface area contributed by atoms with Crippen LogP contribution in [0.15, 0.2) is 18.2 Å². The van der Waals surface area contributed by atoms with Crippen molar-refractivity contribution in [2.45, 2.75) is 20.8 Å². The van der Waals surface area contributed by atoms with Crippen LogP contribution in [0.3, 0.4) is 0 Å². The number of carbonyl (C=O) groups excluding carboxylic acids is 1. The molecule has 0 aliphatic carbocycles. The maximum atomic E-state index is 11.2. The lowest BCUT2D eigenvalue weighted by Crippen LogP contribution is -2.37. The van der Waals surface area contributed by atoms with E-state index in [0.29, 0.717) is 5.69 Å². The second-order valence-corrected chi connectivity index (χ2v) is 4.88. The first-order chi connectivity index (χ1) is 8.24. The molecule has 0 bridgehead atoms. The quantitative estimate of drug-likeness (QED) is 0.616. The van der Waals surface area contributed by atoms with Crippen molar-refractivity contribution in [1.82, 2.24) is 0 Å². The highest BCUT2D eigenvalue weighted by molar-refractivity contribution is 5.80. The lowest BCUT2D eigenvalue weighted by Gasteiger charge is -2.21. The van der Waals surface area contributed by atoms with Gasteiger partial charge in [0.15, 0.2) is 0 Å². The molecule has 0 spiro atoms. The Morgan fingerprint density at radius 2 is 2.11 bits per heavy atom. The Morgan fingerprint density at radius 3 is 2.61 bits per heavy atom. The molecule has 0 aliphatic rings. The second-order valence-electron chi connectivity index (χ2n) is 4.88. The molecule has 0 aliphatic heterocycles. The van der Waals surface area contributed by atoms with Crippen LogP contribution in [0.4, 0.5) is 11.4 Å². The van der Waals surface area contributed by atoms with Gasteiger partial charge in [-0.1, -0.05) is 6.07 Å². The normalized spacial score (nSPS) is 11.1. The molecule has 1 aromatic rings. The molecule has 0 atom stereocenters. The van der Waals surface area contributed by atoms with Gasteiger partial charge in [0.2, 0.25) is 5.91 Å². The van der Waals surface area contributed by atoms with Gasteiger partial charge in [-0.2, -0.15) is 0 Å². The van der Waals surface area contributed by atoms with E-state index in [0.717, 1.165) is 5.56 Å². The van der Waals surface area contributed by atoms with Crippen LogP contribution in [0, 0.1) is 22.5 Å². The topological polar surface area (TPSA) is 98.3 Å². The molecule has 0 fully saturated rings. The van der Waals surface area contributed by atoms with Gasteiger partial charge in [0, 0.05) is 12.6 Å². The number of aryl methyl sites for hydroxylation is 1. The van der Waals surface area contributed by atoms with E-state index in [9.17, 15) is 14.9 Å². The molecule has 0 radical (unpaired) electrons. The molecule has 1 amide bonds. The number of benzene rings is 1. The van der Waals surface area contributed by atoms with Gasteiger partial charge in [0.05, 0.1) is 10.3 Å². The number of nitro benzene ring substituents is 1. The fourth-order valence-corrected chi connectivity index (χ4v) is 1.35. The molecular formula is C12H17N3O3. The van der Waals surface area contributed by atoms with E-state index in [1.165, 1.54) is 6.07 Å². The molecule has 0 heterocycles. The maximum Gasteiger partial charge on any atom is 0.292 e. The van der Waals surface area contributed by atoms with E-state index in [2.05, 4.69) is 5.32 Å². The third-order valence-corrected chi connectivity index (χ3v) is 2.74. The number of nitrogens with one attached hydrogen (secondary N) is 1. The van der Waals surface area contributed by atoms with E-state index in [1.54, 1.807) is 26.0 Å². The highest BCUT2D eigenvalue weighted by Crippen LogP contribution is 2.26. The summed E-state index contributed by atoms with van der Waals surface area (Å²) >= 11 is 0. The van der Waals surface area contributed by atoms with Gasteiger partial charge in [-0.3, -0.25) is 14.9 Å². The van der Waals surface area contributed by atoms with Gasteiger partial charge in [-0.25, -0.2) is 0 Å². The molecular weight excluding hydrogens is 234 g/mol. The van der Waals surface area contributed by atoms with E-state index in [4.69, 9.17) is 5.73 Å². The number of primary amides is 1. The smallest absolute Gasteiger partial charge is 0.292 e. The molecule has 98 valence electrons. The van der Waals surface area contributed by atoms with Crippen LogP contribution < -0.4 is 11.1 Å². The van der Waals surface area contributed by atoms with Crippen LogP contribution in [0.1, 0.15) is 19.4 Å². The van der Waals surface area contributed by atoms with Crippen LogP contribution in [0.2, 0.25) is 0 Å². The number of nitro groups is 1. The van der Waals surface area contributed by atoms with Crippen molar-refractivity contribution in [3.63, 3.8) is 0 Å². The lowest BCUT2D eigenvalue weighted by atomic mass is 9.92. The van der Waals surface area contributed by atoms with Crippen molar-refractivity contribution in [3.8, 4) is 0 Å². The Kier molecular flexibility index (Phi) is 3.90. The summed E-state index contributed by atoms with van der Waals surface area (Å²) in [7, 11) is 0. The van der Waals surface area contributed by atoms with Crippen molar-refractivity contribution >= 4 is 17.3 Å². The Balaban J connectivity index is 2.94. The second kappa shape index (κ2) is 5.03. The Morgan fingerprint density at radius 1 is 1.50 bits per heavy atom. The molecule has 0 unspecified atom stereocenters. The minimum atomic E-state index is -0.766. The first kappa shape index (κ1) is 14.0. The molecule has 0 saturated heterocycles. The first-order valence-electron chi connectivity index (χ1n) is 5.53. The fraction of sp³-hybridized carbons (Fsp3) is 0.417. The van der Waals surface area contributed by atoms with Crippen LogP contribution in [-0.4, -0.2) is 17.4 Å². The van der Waals surface area contributed by atoms with Crippen molar-refractivity contribution in [2.24, 2.45) is 11.1 Å². The number of hydrogen-bond donors (Lipinski definition) is 2. The average Bonchev–Trinajstić information content (AvgIpc) is 2.26. The molecule has 3 N–H and O–H groups in total. The summed E-state index contributed by atoms with van der Waals surface area (Å²) in [6, 6.07) is 4.78. The zero-order valence-corrected chi connectivity index (χ0v) is 10.7. The molecule has 6 heteroatoms. The highest BCUT2D eigenvalue weighted by atomic mass is 16.6. The summed E-state index contributed by atoms with van der Waals surface area (Å²) in [5, 5.41) is 13.8. The number of rotatable bonds is 5. The number of carbonyl (C=O) groups is 1. The van der Waals surface area contributed by atoms with Gasteiger partial charge < -0.3 is 11.1 Å². The largest absolute Gasteiger partial charge is 0.378 e. The number of anilines is 1. The fourth-order valence-electron chi connectivity index (χ4n) is 1.35. The summed E-state index contributed by atoms with van der Waals surface area (Å²) in [5.74, 6) is -0.453. The van der Waals surface area contributed by atoms with Crippen molar-refractivity contribution in [3.05, 3.63) is 33.9 Å². The average molecular weight is 251 g/mol. The zero-order chi connectivity index (χ0) is 13.9. The summed E-state index contributed by atoms with van der Waals surface area (Å²) < 4.78 is 0. The molecule has 6 nitrogen and oxygen atoms in total. The number of amides is 1. The predicted molar refractivity (Wildman–Crippen MR) is 69.3 cm³/mol. The van der Waals surface area contributed by atoms with Gasteiger partial charge in [-0.05, 0) is 32.4 Å². The van der Waals surface area contributed by atoms with Crippen LogP contribution in [0.25, 0.3) is 0 Å². The number of nitrogens with two attached hydrogens (primary N) is 1. The molecule has 0 aromatic heterocycles. The van der Waals surface area contributed by atoms with Gasteiger partial charge in [0.25, 0.3) is 5.69 Å². The molecule has 1 rings (SSSR count). The van der Waals surface area contributed by atoms with E-state index >= 15 is 0 Å². The molecule has 0 saturated carbocycles. The molecule has 1 aromatic carbocycles. The van der Waals surface area contributed by atoms with Crippen molar-refractivity contribution in [2.75, 3.05) is 11.9 Å². The minimum Gasteiger partial charge on any atom is -0.378 e. The monoisotopic (exact) mass is 251 g/mol. The number of nitrogens with zero attached hydrogens (tertiary/aromatic N) is 1. The summed E-state index contributed by atoms with van der Waals surface area (Å²) in [4.78, 5) is 21.6. The summed E-state index contributed by atoms with van der Waals surface area (Å²) in [6.45, 7) is 5.45. The van der Waals surface area contributed by atoms with Gasteiger partial charge in [0.1, 0.15) is 5.69 Å². The number of hydrogen-bond acceptors (Lipinski definition) is 4. The van der Waals surface area contributed by atoms with E-state index in [-0.39, 0.29) is 12.2 Å². The maximum absolute atomic E-state index is 11.2. The SMILES string of the molecule is Cc1ccc([N+](=O)[O-])c(NCC(C)(C)C(N)=O)c1. The van der Waals surface area contributed by atoms with Crippen LogP contribution in [-0.2, 0) is 4.79 Å². The van der Waals surface area contributed by atoms with Crippen molar-refractivity contribution < 1.29 is 9.72 Å². The van der Waals surface area contributed by atoms with Gasteiger partial charge in [-0.15, -0.1) is 0 Å². The Labute approximate surface area is 105 Å². The van der Waals surface area contributed by atoms with Crippen LogP contribution >= 0.6 is 0 Å². The van der Waals surface area contributed by atoms with E-state index in [1.807, 2.05) is 6.92 Å². The van der Waals surface area contributed by atoms with Crippen molar-refractivity contribution in [1.29, 1.82) is 0 Å². The standard InChI is InChI=1S/C12H17N3O3/c1-8-4-5-10(15(17)18)9(6-8)14-7-12(2,3)11(13)16/h4-6,14H,7H2,1-3H3,(H2,13,16). The highest BCUT2D eigenvalue weighted by Gasteiger charge is 2.25.